The van der Waals surface area contributed by atoms with E-state index in [1.807, 2.05) is 45.2 Å². The van der Waals surface area contributed by atoms with Crippen molar-refractivity contribution in [1.82, 2.24) is 14.5 Å². The first-order valence-corrected chi connectivity index (χ1v) is 11.5. The number of nitrogens with zero attached hydrogens (tertiary/aromatic N) is 2. The summed E-state index contributed by atoms with van der Waals surface area (Å²) in [5, 5.41) is 2.86. The maximum Gasteiger partial charge on any atom is 0.251 e. The average molecular weight is 432 g/mol. The summed E-state index contributed by atoms with van der Waals surface area (Å²) < 4.78 is 33.0. The van der Waals surface area contributed by atoms with Gasteiger partial charge in [-0.15, -0.1) is 0 Å². The van der Waals surface area contributed by atoms with Crippen molar-refractivity contribution in [2.45, 2.75) is 24.8 Å². The predicted molar refractivity (Wildman–Crippen MR) is 116 cm³/mol. The molecule has 0 radical (unpaired) electrons. The number of amides is 1. The van der Waals surface area contributed by atoms with E-state index >= 15 is 0 Å². The van der Waals surface area contributed by atoms with Crippen LogP contribution in [0.4, 0.5) is 0 Å². The molecular formula is C22H29N3O4S. The maximum atomic E-state index is 12.9. The Morgan fingerprint density at radius 2 is 1.77 bits per heavy atom. The van der Waals surface area contributed by atoms with Gasteiger partial charge in [-0.25, -0.2) is 8.42 Å². The number of rotatable bonds is 7. The van der Waals surface area contributed by atoms with E-state index in [-0.39, 0.29) is 16.8 Å². The van der Waals surface area contributed by atoms with Crippen LogP contribution in [0.15, 0.2) is 53.4 Å². The minimum absolute atomic E-state index is 0.142. The third kappa shape index (κ3) is 5.59. The first-order valence-electron chi connectivity index (χ1n) is 10.0. The van der Waals surface area contributed by atoms with E-state index < -0.39 is 10.0 Å². The average Bonchev–Trinajstić information content (AvgIpc) is 2.74. The molecule has 0 aliphatic carbocycles. The number of ether oxygens (including phenoxy) is 1. The van der Waals surface area contributed by atoms with E-state index in [9.17, 15) is 13.2 Å². The van der Waals surface area contributed by atoms with Crippen LogP contribution in [0.3, 0.4) is 0 Å². The van der Waals surface area contributed by atoms with Gasteiger partial charge in [0.1, 0.15) is 12.4 Å². The highest BCUT2D eigenvalue weighted by Gasteiger charge is 2.28. The Morgan fingerprint density at radius 1 is 1.10 bits per heavy atom. The number of carbonyl (C=O) groups is 1. The number of piperazine rings is 1. The van der Waals surface area contributed by atoms with Crippen molar-refractivity contribution in [3.63, 3.8) is 0 Å². The fourth-order valence-electron chi connectivity index (χ4n) is 3.18. The first kappa shape index (κ1) is 22.3. The maximum absolute atomic E-state index is 12.9. The number of hydrogen-bond acceptors (Lipinski definition) is 5. The molecule has 30 heavy (non-hydrogen) atoms. The van der Waals surface area contributed by atoms with Gasteiger partial charge in [-0.1, -0.05) is 23.8 Å². The molecule has 0 aromatic heterocycles. The number of benzene rings is 2. The zero-order chi connectivity index (χ0) is 21.7. The second kappa shape index (κ2) is 9.59. The van der Waals surface area contributed by atoms with Crippen LogP contribution in [0, 0.1) is 6.92 Å². The Kier molecular flexibility index (Phi) is 7.12. The zero-order valence-corrected chi connectivity index (χ0v) is 18.5. The molecule has 1 amide bonds. The Bertz CT molecular complexity index is 968. The second-order valence-electron chi connectivity index (χ2n) is 7.73. The molecule has 1 aliphatic rings. The van der Waals surface area contributed by atoms with Crippen molar-refractivity contribution in [3.05, 3.63) is 59.7 Å². The highest BCUT2D eigenvalue weighted by Crippen LogP contribution is 2.19. The Morgan fingerprint density at radius 3 is 2.43 bits per heavy atom. The number of sulfonamides is 1. The Labute approximate surface area is 178 Å². The number of likely N-dealkylation sites (N-methyl/N-ethyl adjacent to an activating group) is 1. The van der Waals surface area contributed by atoms with Crippen LogP contribution < -0.4 is 10.1 Å². The topological polar surface area (TPSA) is 78.9 Å². The van der Waals surface area contributed by atoms with E-state index in [1.165, 1.54) is 16.4 Å². The van der Waals surface area contributed by atoms with Crippen molar-refractivity contribution in [3.8, 4) is 5.75 Å². The standard InChI is InChI=1S/C22H29N3O4S/c1-17-7-9-20(10-8-17)29-16-18(2)23-22(26)19-5-4-6-21(15-19)30(27,28)25-13-11-24(3)12-14-25/h4-10,15,18H,11-14,16H2,1-3H3,(H,23,26)/t18-/m1/s1. The quantitative estimate of drug-likeness (QED) is 0.727. The normalized spacial score (nSPS) is 16.8. The number of hydrogen-bond donors (Lipinski definition) is 1. The van der Waals surface area contributed by atoms with Gasteiger partial charge in [0.15, 0.2) is 0 Å². The lowest BCUT2D eigenvalue weighted by Gasteiger charge is -2.31. The highest BCUT2D eigenvalue weighted by atomic mass is 32.2. The molecule has 1 fully saturated rings. The summed E-state index contributed by atoms with van der Waals surface area (Å²) in [5.41, 5.74) is 1.46. The van der Waals surface area contributed by atoms with Crippen LogP contribution in [-0.4, -0.2) is 69.4 Å². The largest absolute Gasteiger partial charge is 0.491 e. The molecule has 1 heterocycles. The minimum Gasteiger partial charge on any atom is -0.491 e. The molecule has 2 aromatic carbocycles. The van der Waals surface area contributed by atoms with Crippen molar-refractivity contribution < 1.29 is 17.9 Å². The van der Waals surface area contributed by atoms with Gasteiger partial charge in [-0.05, 0) is 51.2 Å². The summed E-state index contributed by atoms with van der Waals surface area (Å²) in [7, 11) is -1.65. The van der Waals surface area contributed by atoms with Crippen molar-refractivity contribution in [1.29, 1.82) is 0 Å². The molecule has 1 aliphatic heterocycles. The highest BCUT2D eigenvalue weighted by molar-refractivity contribution is 7.89. The lowest BCUT2D eigenvalue weighted by molar-refractivity contribution is 0.0926. The fraction of sp³-hybridized carbons (Fsp3) is 0.409. The summed E-state index contributed by atoms with van der Waals surface area (Å²) in [5.74, 6) is 0.410. The van der Waals surface area contributed by atoms with Gasteiger partial charge in [0.25, 0.3) is 5.91 Å². The van der Waals surface area contributed by atoms with Crippen LogP contribution in [0.5, 0.6) is 5.75 Å². The third-order valence-electron chi connectivity index (χ3n) is 5.09. The molecular weight excluding hydrogens is 402 g/mol. The summed E-state index contributed by atoms with van der Waals surface area (Å²) >= 11 is 0. The van der Waals surface area contributed by atoms with Crippen molar-refractivity contribution in [2.75, 3.05) is 39.8 Å². The first-order chi connectivity index (χ1) is 14.3. The molecule has 0 saturated carbocycles. The molecule has 0 unspecified atom stereocenters. The van der Waals surface area contributed by atoms with E-state index in [0.717, 1.165) is 11.3 Å². The lowest BCUT2D eigenvalue weighted by Crippen LogP contribution is -2.47. The summed E-state index contributed by atoms with van der Waals surface area (Å²) in [6.07, 6.45) is 0. The van der Waals surface area contributed by atoms with E-state index in [4.69, 9.17) is 4.74 Å². The van der Waals surface area contributed by atoms with Gasteiger partial charge < -0.3 is 15.0 Å². The third-order valence-corrected chi connectivity index (χ3v) is 6.99. The number of nitrogens with one attached hydrogen (secondary N) is 1. The van der Waals surface area contributed by atoms with Crippen LogP contribution in [0.25, 0.3) is 0 Å². The second-order valence-corrected chi connectivity index (χ2v) is 9.67. The van der Waals surface area contributed by atoms with Crippen LogP contribution in [0.1, 0.15) is 22.8 Å². The number of aryl methyl sites for hydroxylation is 1. The molecule has 2 aromatic rings. The molecule has 3 rings (SSSR count). The molecule has 0 spiro atoms. The predicted octanol–water partition coefficient (Wildman–Crippen LogP) is 2.13. The van der Waals surface area contributed by atoms with E-state index in [1.54, 1.807) is 12.1 Å². The van der Waals surface area contributed by atoms with Gasteiger partial charge in [0.05, 0.1) is 10.9 Å². The molecule has 7 nitrogen and oxygen atoms in total. The van der Waals surface area contributed by atoms with Crippen LogP contribution in [-0.2, 0) is 10.0 Å². The molecule has 8 heteroatoms. The number of carbonyl (C=O) groups excluding carboxylic acids is 1. The molecule has 1 N–H and O–H groups in total. The Hall–Kier alpha value is -2.42. The van der Waals surface area contributed by atoms with Crippen LogP contribution >= 0.6 is 0 Å². The van der Waals surface area contributed by atoms with Gasteiger partial charge in [0, 0.05) is 31.7 Å². The van der Waals surface area contributed by atoms with Crippen molar-refractivity contribution in [2.24, 2.45) is 0 Å². The fourth-order valence-corrected chi connectivity index (χ4v) is 4.65. The summed E-state index contributed by atoms with van der Waals surface area (Å²) in [4.78, 5) is 14.9. The Balaban J connectivity index is 1.61. The molecule has 1 saturated heterocycles. The monoisotopic (exact) mass is 431 g/mol. The van der Waals surface area contributed by atoms with Crippen molar-refractivity contribution >= 4 is 15.9 Å². The van der Waals surface area contributed by atoms with E-state index in [0.29, 0.717) is 38.3 Å². The van der Waals surface area contributed by atoms with E-state index in [2.05, 4.69) is 10.2 Å². The van der Waals surface area contributed by atoms with Gasteiger partial charge in [0.2, 0.25) is 10.0 Å². The van der Waals surface area contributed by atoms with Gasteiger partial charge in [-0.3, -0.25) is 4.79 Å². The SMILES string of the molecule is Cc1ccc(OC[C@@H](C)NC(=O)c2cccc(S(=O)(=O)N3CCN(C)CC3)c2)cc1. The molecule has 162 valence electrons. The molecule has 0 bridgehead atoms. The van der Waals surface area contributed by atoms with Gasteiger partial charge >= 0.3 is 0 Å². The summed E-state index contributed by atoms with van der Waals surface area (Å²) in [6.45, 7) is 6.44. The minimum atomic E-state index is -3.62. The van der Waals surface area contributed by atoms with Crippen LogP contribution in [0.2, 0.25) is 0 Å². The smallest absolute Gasteiger partial charge is 0.251 e. The zero-order valence-electron chi connectivity index (χ0n) is 17.7. The lowest BCUT2D eigenvalue weighted by atomic mass is 10.2. The van der Waals surface area contributed by atoms with Gasteiger partial charge in [-0.2, -0.15) is 4.31 Å². The summed E-state index contributed by atoms with van der Waals surface area (Å²) in [6, 6.07) is 13.7. The molecule has 1 atom stereocenters.